The van der Waals surface area contributed by atoms with Gasteiger partial charge in [-0.05, 0) is 25.2 Å². The average molecular weight is 232 g/mol. The van der Waals surface area contributed by atoms with Gasteiger partial charge in [0.15, 0.2) is 0 Å². The molecule has 2 aliphatic rings. The second-order valence-electron chi connectivity index (χ2n) is 5.16. The van der Waals surface area contributed by atoms with E-state index in [2.05, 4.69) is 14.9 Å². The van der Waals surface area contributed by atoms with Crippen LogP contribution in [0, 0.1) is 5.92 Å². The SMILES string of the molecule is NCc1cnc(N2CCC3CCCCC32)cn1. The lowest BCUT2D eigenvalue weighted by Gasteiger charge is -2.32. The maximum atomic E-state index is 5.54. The molecule has 0 spiro atoms. The van der Waals surface area contributed by atoms with E-state index in [9.17, 15) is 0 Å². The van der Waals surface area contributed by atoms with Gasteiger partial charge in [0.05, 0.1) is 18.1 Å². The van der Waals surface area contributed by atoms with E-state index in [0.717, 1.165) is 24.0 Å². The van der Waals surface area contributed by atoms with Crippen LogP contribution >= 0.6 is 0 Å². The molecule has 0 bridgehead atoms. The number of fused-ring (bicyclic) bond motifs is 1. The minimum Gasteiger partial charge on any atom is -0.352 e. The van der Waals surface area contributed by atoms with Gasteiger partial charge in [-0.15, -0.1) is 0 Å². The van der Waals surface area contributed by atoms with Crippen molar-refractivity contribution in [2.75, 3.05) is 11.4 Å². The predicted octanol–water partition coefficient (Wildman–Crippen LogP) is 1.70. The fourth-order valence-electron chi connectivity index (χ4n) is 3.29. The molecule has 2 atom stereocenters. The van der Waals surface area contributed by atoms with Crippen LogP contribution in [0.5, 0.6) is 0 Å². The first-order valence-electron chi connectivity index (χ1n) is 6.66. The minimum atomic E-state index is 0.472. The zero-order valence-electron chi connectivity index (χ0n) is 10.2. The standard InChI is InChI=1S/C13H20N4/c14-7-11-8-16-13(9-15-11)17-6-5-10-3-1-2-4-12(10)17/h8-10,12H,1-7,14H2. The summed E-state index contributed by atoms with van der Waals surface area (Å²) in [4.78, 5) is 11.3. The molecule has 0 radical (unpaired) electrons. The second-order valence-corrected chi connectivity index (χ2v) is 5.16. The highest BCUT2D eigenvalue weighted by Crippen LogP contribution is 2.37. The third-order valence-corrected chi connectivity index (χ3v) is 4.21. The van der Waals surface area contributed by atoms with Crippen molar-refractivity contribution in [2.45, 2.75) is 44.7 Å². The van der Waals surface area contributed by atoms with Crippen LogP contribution in [0.1, 0.15) is 37.8 Å². The molecule has 2 N–H and O–H groups in total. The van der Waals surface area contributed by atoms with Crippen LogP contribution in [-0.4, -0.2) is 22.6 Å². The highest BCUT2D eigenvalue weighted by Gasteiger charge is 2.36. The molecule has 1 saturated heterocycles. The summed E-state index contributed by atoms with van der Waals surface area (Å²) in [5, 5.41) is 0. The zero-order valence-corrected chi connectivity index (χ0v) is 10.2. The van der Waals surface area contributed by atoms with Gasteiger partial charge in [-0.25, -0.2) is 4.98 Å². The highest BCUT2D eigenvalue weighted by atomic mass is 15.2. The quantitative estimate of drug-likeness (QED) is 0.843. The molecule has 0 aromatic carbocycles. The number of rotatable bonds is 2. The van der Waals surface area contributed by atoms with Gasteiger partial charge in [-0.1, -0.05) is 12.8 Å². The van der Waals surface area contributed by atoms with E-state index in [1.165, 1.54) is 32.1 Å². The average Bonchev–Trinajstić information content (AvgIpc) is 2.83. The Morgan fingerprint density at radius 2 is 2.06 bits per heavy atom. The van der Waals surface area contributed by atoms with Crippen LogP contribution in [0.15, 0.2) is 12.4 Å². The summed E-state index contributed by atoms with van der Waals surface area (Å²) in [6.07, 6.45) is 10.5. The molecule has 1 aliphatic heterocycles. The summed E-state index contributed by atoms with van der Waals surface area (Å²) in [5.41, 5.74) is 6.41. The second kappa shape index (κ2) is 4.61. The molecule has 1 aromatic heterocycles. The van der Waals surface area contributed by atoms with Crippen LogP contribution in [0.3, 0.4) is 0 Å². The van der Waals surface area contributed by atoms with Crippen molar-refractivity contribution in [3.8, 4) is 0 Å². The summed E-state index contributed by atoms with van der Waals surface area (Å²) in [6.45, 7) is 1.62. The first-order chi connectivity index (χ1) is 8.38. The summed E-state index contributed by atoms with van der Waals surface area (Å²) in [7, 11) is 0. The van der Waals surface area contributed by atoms with Gasteiger partial charge in [-0.2, -0.15) is 0 Å². The van der Waals surface area contributed by atoms with E-state index >= 15 is 0 Å². The monoisotopic (exact) mass is 232 g/mol. The van der Waals surface area contributed by atoms with Gasteiger partial charge in [0, 0.05) is 19.1 Å². The minimum absolute atomic E-state index is 0.472. The van der Waals surface area contributed by atoms with E-state index in [-0.39, 0.29) is 0 Å². The van der Waals surface area contributed by atoms with Crippen LogP contribution in [0.4, 0.5) is 5.82 Å². The first kappa shape index (κ1) is 11.0. The lowest BCUT2D eigenvalue weighted by molar-refractivity contribution is 0.341. The van der Waals surface area contributed by atoms with E-state index < -0.39 is 0 Å². The van der Waals surface area contributed by atoms with E-state index in [0.29, 0.717) is 12.6 Å². The van der Waals surface area contributed by atoms with Gasteiger partial charge >= 0.3 is 0 Å². The largest absolute Gasteiger partial charge is 0.352 e. The Kier molecular flexibility index (Phi) is 2.97. The molecule has 17 heavy (non-hydrogen) atoms. The van der Waals surface area contributed by atoms with Crippen molar-refractivity contribution < 1.29 is 0 Å². The summed E-state index contributed by atoms with van der Waals surface area (Å²) < 4.78 is 0. The Bertz CT molecular complexity index is 376. The lowest BCUT2D eigenvalue weighted by Crippen LogP contribution is -2.35. The van der Waals surface area contributed by atoms with Crippen LogP contribution in [0.2, 0.25) is 0 Å². The van der Waals surface area contributed by atoms with Crippen molar-refractivity contribution in [3.05, 3.63) is 18.1 Å². The van der Waals surface area contributed by atoms with Crippen LogP contribution in [0.25, 0.3) is 0 Å². The first-order valence-corrected chi connectivity index (χ1v) is 6.66. The number of nitrogens with zero attached hydrogens (tertiary/aromatic N) is 3. The smallest absolute Gasteiger partial charge is 0.147 e. The van der Waals surface area contributed by atoms with E-state index in [4.69, 9.17) is 5.73 Å². The van der Waals surface area contributed by atoms with Gasteiger partial charge in [0.2, 0.25) is 0 Å². The molecule has 3 rings (SSSR count). The molecule has 0 amide bonds. The Balaban J connectivity index is 1.78. The van der Waals surface area contributed by atoms with Crippen molar-refractivity contribution in [1.29, 1.82) is 0 Å². The normalized spacial score (nSPS) is 28.2. The maximum absolute atomic E-state index is 5.54. The Morgan fingerprint density at radius 1 is 1.18 bits per heavy atom. The van der Waals surface area contributed by atoms with Crippen molar-refractivity contribution in [1.82, 2.24) is 9.97 Å². The molecular weight excluding hydrogens is 212 g/mol. The molecule has 1 aromatic rings. The Hall–Kier alpha value is -1.16. The highest BCUT2D eigenvalue weighted by molar-refractivity contribution is 5.39. The molecule has 1 saturated carbocycles. The van der Waals surface area contributed by atoms with Gasteiger partial charge < -0.3 is 10.6 Å². The van der Waals surface area contributed by atoms with E-state index in [1.807, 2.05) is 12.4 Å². The molecule has 2 unspecified atom stereocenters. The third-order valence-electron chi connectivity index (χ3n) is 4.21. The summed E-state index contributed by atoms with van der Waals surface area (Å²) in [6, 6.07) is 0.710. The molecule has 2 heterocycles. The van der Waals surface area contributed by atoms with Crippen molar-refractivity contribution >= 4 is 5.82 Å². The Morgan fingerprint density at radius 3 is 2.82 bits per heavy atom. The molecule has 4 heteroatoms. The number of aromatic nitrogens is 2. The predicted molar refractivity (Wildman–Crippen MR) is 67.6 cm³/mol. The molecule has 1 aliphatic carbocycles. The molecular formula is C13H20N4. The molecule has 92 valence electrons. The van der Waals surface area contributed by atoms with Crippen molar-refractivity contribution in [3.63, 3.8) is 0 Å². The summed E-state index contributed by atoms with van der Waals surface area (Å²) in [5.74, 6) is 1.93. The van der Waals surface area contributed by atoms with Crippen LogP contribution < -0.4 is 10.6 Å². The van der Waals surface area contributed by atoms with Crippen molar-refractivity contribution in [2.24, 2.45) is 11.7 Å². The fraction of sp³-hybridized carbons (Fsp3) is 0.692. The number of anilines is 1. The number of nitrogens with two attached hydrogens (primary N) is 1. The lowest BCUT2D eigenvalue weighted by atomic mass is 9.85. The number of hydrogen-bond donors (Lipinski definition) is 1. The fourth-order valence-corrected chi connectivity index (χ4v) is 3.29. The summed E-state index contributed by atoms with van der Waals surface area (Å²) >= 11 is 0. The van der Waals surface area contributed by atoms with Gasteiger partial charge in [0.25, 0.3) is 0 Å². The van der Waals surface area contributed by atoms with Crippen LogP contribution in [-0.2, 0) is 6.54 Å². The third kappa shape index (κ3) is 2.02. The molecule has 2 fully saturated rings. The van der Waals surface area contributed by atoms with Gasteiger partial charge in [0.1, 0.15) is 5.82 Å². The zero-order chi connectivity index (χ0) is 11.7. The maximum Gasteiger partial charge on any atom is 0.147 e. The number of hydrogen-bond acceptors (Lipinski definition) is 4. The topological polar surface area (TPSA) is 55.0 Å². The molecule has 4 nitrogen and oxygen atoms in total. The Labute approximate surface area is 102 Å². The van der Waals surface area contributed by atoms with Gasteiger partial charge in [-0.3, -0.25) is 4.98 Å². The van der Waals surface area contributed by atoms with E-state index in [1.54, 1.807) is 0 Å².